The van der Waals surface area contributed by atoms with Crippen LogP contribution in [-0.4, -0.2) is 31.8 Å². The first-order valence-electron chi connectivity index (χ1n) is 6.21. The van der Waals surface area contributed by atoms with Gasteiger partial charge in [0, 0.05) is 47.3 Å². The molecule has 2 rings (SSSR count). The first-order valence-corrected chi connectivity index (χ1v) is 7.94. The van der Waals surface area contributed by atoms with E-state index >= 15 is 0 Å². The highest BCUT2D eigenvalue weighted by Gasteiger charge is 2.25. The van der Waals surface area contributed by atoms with Gasteiger partial charge in [0.1, 0.15) is 0 Å². The highest BCUT2D eigenvalue weighted by molar-refractivity contribution is 7.84. The Hall–Kier alpha value is -1.17. The predicted octanol–water partition coefficient (Wildman–Crippen LogP) is 1.15. The van der Waals surface area contributed by atoms with E-state index in [0.717, 1.165) is 19.3 Å². The molecule has 100 valence electrons. The van der Waals surface area contributed by atoms with E-state index in [1.54, 1.807) is 23.2 Å². The molecule has 0 amide bonds. The van der Waals surface area contributed by atoms with Gasteiger partial charge in [-0.25, -0.2) is 4.98 Å². The quantitative estimate of drug-likeness (QED) is 0.841. The number of anilines is 1. The normalized spacial score (nSPS) is 18.3. The van der Waals surface area contributed by atoms with Gasteiger partial charge in [-0.2, -0.15) is 0 Å². The fourth-order valence-corrected chi connectivity index (χ4v) is 2.50. The predicted molar refractivity (Wildman–Crippen MR) is 73.4 cm³/mol. The van der Waals surface area contributed by atoms with Gasteiger partial charge in [-0.3, -0.25) is 9.00 Å². The summed E-state index contributed by atoms with van der Waals surface area (Å²) < 4.78 is 12.8. The van der Waals surface area contributed by atoms with Crippen LogP contribution in [0.3, 0.4) is 0 Å². The van der Waals surface area contributed by atoms with Gasteiger partial charge in [-0.15, -0.1) is 0 Å². The van der Waals surface area contributed by atoms with E-state index in [9.17, 15) is 9.00 Å². The molecule has 18 heavy (non-hydrogen) atoms. The zero-order valence-electron chi connectivity index (χ0n) is 10.8. The van der Waals surface area contributed by atoms with Crippen molar-refractivity contribution in [3.8, 4) is 0 Å². The minimum atomic E-state index is -0.795. The van der Waals surface area contributed by atoms with E-state index in [4.69, 9.17) is 0 Å². The third-order valence-corrected chi connectivity index (χ3v) is 3.84. The van der Waals surface area contributed by atoms with E-state index in [0.29, 0.717) is 17.6 Å². The summed E-state index contributed by atoms with van der Waals surface area (Å²) in [6.07, 6.45) is 8.02. The number of rotatable bonds is 6. The summed E-state index contributed by atoms with van der Waals surface area (Å²) in [5.74, 6) is 1.04. The molecular formula is C12H19N3O2S. The highest BCUT2D eigenvalue weighted by atomic mass is 32.2. The second-order valence-corrected chi connectivity index (χ2v) is 6.39. The van der Waals surface area contributed by atoms with E-state index in [2.05, 4.69) is 10.3 Å². The smallest absolute Gasteiger partial charge is 0.293 e. The lowest BCUT2D eigenvalue weighted by Crippen LogP contribution is -2.28. The summed E-state index contributed by atoms with van der Waals surface area (Å²) in [5.41, 5.74) is -0.0514. The van der Waals surface area contributed by atoms with Crippen LogP contribution >= 0.6 is 0 Å². The lowest BCUT2D eigenvalue weighted by Gasteiger charge is -2.14. The third-order valence-electron chi connectivity index (χ3n) is 3.03. The Morgan fingerprint density at radius 2 is 2.33 bits per heavy atom. The van der Waals surface area contributed by atoms with Crippen molar-refractivity contribution >= 4 is 16.6 Å². The number of nitrogens with one attached hydrogen (secondary N) is 1. The molecule has 1 aliphatic carbocycles. The van der Waals surface area contributed by atoms with Crippen LogP contribution < -0.4 is 10.9 Å². The minimum absolute atomic E-state index is 0.0514. The first kappa shape index (κ1) is 13.3. The third kappa shape index (κ3) is 3.41. The fraction of sp³-hybridized carbons (Fsp3) is 0.667. The Bertz CT molecular complexity index is 496. The molecule has 1 aromatic heterocycles. The average Bonchev–Trinajstić information content (AvgIpc) is 3.13. The minimum Gasteiger partial charge on any atom is -0.363 e. The van der Waals surface area contributed by atoms with Crippen molar-refractivity contribution < 1.29 is 4.21 Å². The molecule has 2 unspecified atom stereocenters. The molecule has 1 fully saturated rings. The monoisotopic (exact) mass is 269 g/mol. The van der Waals surface area contributed by atoms with Gasteiger partial charge >= 0.3 is 0 Å². The SMILES string of the molecule is CC(CCS(C)=O)Nc1nccn(C2CC2)c1=O. The lowest BCUT2D eigenvalue weighted by molar-refractivity contribution is 0.674. The summed E-state index contributed by atoms with van der Waals surface area (Å²) in [5, 5.41) is 3.11. The maximum Gasteiger partial charge on any atom is 0.293 e. The molecule has 1 saturated carbocycles. The van der Waals surface area contributed by atoms with Gasteiger partial charge in [-0.05, 0) is 26.2 Å². The van der Waals surface area contributed by atoms with Crippen LogP contribution in [0.25, 0.3) is 0 Å². The number of hydrogen-bond donors (Lipinski definition) is 1. The maximum absolute atomic E-state index is 12.1. The molecule has 2 atom stereocenters. The second-order valence-electron chi connectivity index (χ2n) is 4.83. The van der Waals surface area contributed by atoms with Gasteiger partial charge in [0.25, 0.3) is 5.56 Å². The van der Waals surface area contributed by atoms with Crippen LogP contribution in [0.1, 0.15) is 32.2 Å². The summed E-state index contributed by atoms with van der Waals surface area (Å²) in [7, 11) is -0.795. The Kier molecular flexibility index (Phi) is 4.16. The molecule has 0 bridgehead atoms. The second kappa shape index (κ2) is 5.65. The van der Waals surface area contributed by atoms with E-state index < -0.39 is 10.8 Å². The van der Waals surface area contributed by atoms with Crippen molar-refractivity contribution in [2.24, 2.45) is 0 Å². The van der Waals surface area contributed by atoms with Crippen LogP contribution in [0.5, 0.6) is 0 Å². The van der Waals surface area contributed by atoms with Crippen molar-refractivity contribution in [2.45, 2.75) is 38.3 Å². The summed E-state index contributed by atoms with van der Waals surface area (Å²) in [6.45, 7) is 1.97. The fourth-order valence-electron chi connectivity index (χ4n) is 1.81. The standard InChI is InChI=1S/C12H19N3O2S/c1-9(5-8-18(2)17)14-11-12(16)15(7-6-13-11)10-3-4-10/h6-7,9-10H,3-5,8H2,1-2H3,(H,13,14). The first-order chi connectivity index (χ1) is 8.58. The lowest BCUT2D eigenvalue weighted by atomic mass is 10.2. The number of nitrogens with zero attached hydrogens (tertiary/aromatic N) is 2. The van der Waals surface area contributed by atoms with Crippen LogP contribution in [0.2, 0.25) is 0 Å². The summed E-state index contributed by atoms with van der Waals surface area (Å²) in [6, 6.07) is 0.462. The van der Waals surface area contributed by atoms with E-state index in [1.165, 1.54) is 0 Å². The van der Waals surface area contributed by atoms with Crippen molar-refractivity contribution in [2.75, 3.05) is 17.3 Å². The molecule has 1 N–H and O–H groups in total. The largest absolute Gasteiger partial charge is 0.363 e. The molecule has 0 aromatic carbocycles. The van der Waals surface area contributed by atoms with Gasteiger partial charge in [0.2, 0.25) is 0 Å². The Balaban J connectivity index is 2.02. The zero-order chi connectivity index (χ0) is 13.1. The average molecular weight is 269 g/mol. The van der Waals surface area contributed by atoms with Crippen LogP contribution in [-0.2, 0) is 10.8 Å². The molecule has 0 saturated heterocycles. The van der Waals surface area contributed by atoms with E-state index in [1.807, 2.05) is 6.92 Å². The van der Waals surface area contributed by atoms with Gasteiger partial charge < -0.3 is 9.88 Å². The van der Waals surface area contributed by atoms with Gasteiger partial charge in [0.15, 0.2) is 5.82 Å². The molecule has 0 radical (unpaired) electrons. The molecule has 0 spiro atoms. The Morgan fingerprint density at radius 3 is 2.94 bits per heavy atom. The van der Waals surface area contributed by atoms with Crippen molar-refractivity contribution in [3.63, 3.8) is 0 Å². The Labute approximate surface area is 109 Å². The van der Waals surface area contributed by atoms with Crippen molar-refractivity contribution in [1.29, 1.82) is 0 Å². The summed E-state index contributed by atoms with van der Waals surface area (Å²) in [4.78, 5) is 16.2. The van der Waals surface area contributed by atoms with Gasteiger partial charge in [0.05, 0.1) is 0 Å². The molecule has 6 heteroatoms. The zero-order valence-corrected chi connectivity index (χ0v) is 11.6. The topological polar surface area (TPSA) is 64.0 Å². The highest BCUT2D eigenvalue weighted by Crippen LogP contribution is 2.33. The molecule has 1 aromatic rings. The molecular weight excluding hydrogens is 250 g/mol. The molecule has 1 heterocycles. The number of hydrogen-bond acceptors (Lipinski definition) is 4. The van der Waals surface area contributed by atoms with Crippen LogP contribution in [0.15, 0.2) is 17.2 Å². The van der Waals surface area contributed by atoms with Crippen molar-refractivity contribution in [1.82, 2.24) is 9.55 Å². The molecule has 5 nitrogen and oxygen atoms in total. The Morgan fingerprint density at radius 1 is 1.61 bits per heavy atom. The molecule has 0 aliphatic heterocycles. The van der Waals surface area contributed by atoms with Gasteiger partial charge in [-0.1, -0.05) is 0 Å². The van der Waals surface area contributed by atoms with Crippen molar-refractivity contribution in [3.05, 3.63) is 22.7 Å². The van der Waals surface area contributed by atoms with Crippen LogP contribution in [0, 0.1) is 0 Å². The number of aromatic nitrogens is 2. The maximum atomic E-state index is 12.1. The summed E-state index contributed by atoms with van der Waals surface area (Å²) >= 11 is 0. The molecule has 1 aliphatic rings. The van der Waals surface area contributed by atoms with E-state index in [-0.39, 0.29) is 11.6 Å². The van der Waals surface area contributed by atoms with Crippen LogP contribution in [0.4, 0.5) is 5.82 Å².